The van der Waals surface area contributed by atoms with Crippen molar-refractivity contribution in [2.75, 3.05) is 33.2 Å². The first-order valence-corrected chi connectivity index (χ1v) is 9.11. The summed E-state index contributed by atoms with van der Waals surface area (Å²) in [6.45, 7) is 9.77. The molecule has 23 heavy (non-hydrogen) atoms. The number of aryl methyl sites for hydroxylation is 2. The molecule has 0 amide bonds. The zero-order valence-corrected chi connectivity index (χ0v) is 17.5. The summed E-state index contributed by atoms with van der Waals surface area (Å²) in [4.78, 5) is 15.4. The van der Waals surface area contributed by atoms with Crippen molar-refractivity contribution in [3.63, 3.8) is 0 Å². The minimum absolute atomic E-state index is 0. The third-order valence-electron chi connectivity index (χ3n) is 4.74. The number of halogens is 1. The lowest BCUT2D eigenvalue weighted by Gasteiger charge is -2.25. The first-order chi connectivity index (χ1) is 10.7. The molecule has 2 aliphatic rings. The van der Waals surface area contributed by atoms with Crippen LogP contribution in [-0.4, -0.2) is 60.0 Å². The van der Waals surface area contributed by atoms with Crippen LogP contribution < -0.4 is 5.32 Å². The highest BCUT2D eigenvalue weighted by molar-refractivity contribution is 14.0. The van der Waals surface area contributed by atoms with E-state index in [0.717, 1.165) is 36.3 Å². The van der Waals surface area contributed by atoms with Crippen molar-refractivity contribution in [2.24, 2.45) is 4.99 Å². The molecule has 5 nitrogen and oxygen atoms in total. The van der Waals surface area contributed by atoms with Gasteiger partial charge in [0, 0.05) is 31.1 Å². The Labute approximate surface area is 160 Å². The van der Waals surface area contributed by atoms with Crippen LogP contribution in [0.25, 0.3) is 0 Å². The third-order valence-corrected chi connectivity index (χ3v) is 5.81. The van der Waals surface area contributed by atoms with E-state index >= 15 is 0 Å². The molecule has 7 heteroatoms. The van der Waals surface area contributed by atoms with Gasteiger partial charge in [-0.25, -0.2) is 4.98 Å². The minimum Gasteiger partial charge on any atom is -0.351 e. The maximum atomic E-state index is 4.50. The van der Waals surface area contributed by atoms with Gasteiger partial charge in [0.25, 0.3) is 0 Å². The Kier molecular flexibility index (Phi) is 7.09. The zero-order chi connectivity index (χ0) is 15.5. The van der Waals surface area contributed by atoms with Crippen molar-refractivity contribution in [3.8, 4) is 0 Å². The van der Waals surface area contributed by atoms with Crippen molar-refractivity contribution < 1.29 is 0 Å². The minimum atomic E-state index is 0. The van der Waals surface area contributed by atoms with E-state index in [1.807, 2.05) is 7.05 Å². The second-order valence-corrected chi connectivity index (χ2v) is 7.56. The predicted octanol–water partition coefficient (Wildman–Crippen LogP) is 2.62. The quantitative estimate of drug-likeness (QED) is 0.438. The van der Waals surface area contributed by atoms with E-state index in [9.17, 15) is 0 Å². The molecule has 0 aliphatic carbocycles. The van der Waals surface area contributed by atoms with Crippen molar-refractivity contribution in [1.82, 2.24) is 20.1 Å². The monoisotopic (exact) mass is 449 g/mol. The molecule has 0 radical (unpaired) electrons. The molecular weight excluding hydrogens is 421 g/mol. The van der Waals surface area contributed by atoms with Gasteiger partial charge in [-0.15, -0.1) is 35.3 Å². The Morgan fingerprint density at radius 2 is 2.04 bits per heavy atom. The molecule has 1 aromatic rings. The zero-order valence-electron chi connectivity index (χ0n) is 14.3. The number of aromatic nitrogens is 1. The lowest BCUT2D eigenvalue weighted by atomic mass is 10.2. The second kappa shape index (κ2) is 8.62. The first-order valence-electron chi connectivity index (χ1n) is 8.30. The second-order valence-electron chi connectivity index (χ2n) is 6.27. The largest absolute Gasteiger partial charge is 0.351 e. The van der Waals surface area contributed by atoms with Crippen LogP contribution in [0, 0.1) is 13.8 Å². The fourth-order valence-electron chi connectivity index (χ4n) is 3.57. The fourth-order valence-corrected chi connectivity index (χ4v) is 4.44. The fraction of sp³-hybridized carbons (Fsp3) is 0.750. The van der Waals surface area contributed by atoms with Gasteiger partial charge < -0.3 is 10.2 Å². The van der Waals surface area contributed by atoms with E-state index in [4.69, 9.17) is 0 Å². The number of nitrogens with one attached hydrogen (secondary N) is 1. The summed E-state index contributed by atoms with van der Waals surface area (Å²) in [5.41, 5.74) is 1.14. The maximum absolute atomic E-state index is 4.50. The number of guanidine groups is 1. The van der Waals surface area contributed by atoms with E-state index in [1.54, 1.807) is 11.3 Å². The highest BCUT2D eigenvalue weighted by atomic mass is 127. The molecule has 3 rings (SSSR count). The summed E-state index contributed by atoms with van der Waals surface area (Å²) >= 11 is 1.77. The Morgan fingerprint density at radius 3 is 2.65 bits per heavy atom. The van der Waals surface area contributed by atoms with Crippen molar-refractivity contribution >= 4 is 41.3 Å². The number of aliphatic imine (C=N–C) groups is 1. The molecule has 0 aromatic carbocycles. The standard InChI is InChI=1S/C16H27N5S.HI/c1-12-15(22-13(2)19-12)10-18-16(17-3)21-9-6-14(11-21)20-7-4-5-8-20;/h14H,4-11H2,1-3H3,(H,17,18);1H. The maximum Gasteiger partial charge on any atom is 0.193 e. The molecule has 130 valence electrons. The van der Waals surface area contributed by atoms with Crippen LogP contribution in [0.5, 0.6) is 0 Å². The molecule has 3 heterocycles. The van der Waals surface area contributed by atoms with Gasteiger partial charge >= 0.3 is 0 Å². The molecule has 1 unspecified atom stereocenters. The lowest BCUT2D eigenvalue weighted by Crippen LogP contribution is -2.42. The normalized spacial score (nSPS) is 22.5. The Bertz CT molecular complexity index is 539. The summed E-state index contributed by atoms with van der Waals surface area (Å²) in [7, 11) is 1.89. The molecule has 1 aromatic heterocycles. The van der Waals surface area contributed by atoms with Crippen LogP contribution in [0.1, 0.15) is 34.8 Å². The summed E-state index contributed by atoms with van der Waals surface area (Å²) < 4.78 is 0. The van der Waals surface area contributed by atoms with Crippen LogP contribution in [0.3, 0.4) is 0 Å². The molecule has 1 N–H and O–H groups in total. The van der Waals surface area contributed by atoms with Gasteiger partial charge in [-0.05, 0) is 46.2 Å². The molecule has 2 aliphatic heterocycles. The van der Waals surface area contributed by atoms with Crippen molar-refractivity contribution in [3.05, 3.63) is 15.6 Å². The van der Waals surface area contributed by atoms with Crippen molar-refractivity contribution in [2.45, 2.75) is 45.7 Å². The Hall–Kier alpha value is -0.410. The molecule has 2 fully saturated rings. The average Bonchev–Trinajstić information content (AvgIpc) is 3.21. The number of likely N-dealkylation sites (tertiary alicyclic amines) is 2. The van der Waals surface area contributed by atoms with E-state index < -0.39 is 0 Å². The smallest absolute Gasteiger partial charge is 0.193 e. The third kappa shape index (κ3) is 4.57. The number of hydrogen-bond acceptors (Lipinski definition) is 4. The van der Waals surface area contributed by atoms with Gasteiger partial charge in [0.05, 0.1) is 17.2 Å². The molecule has 0 saturated carbocycles. The summed E-state index contributed by atoms with van der Waals surface area (Å²) in [6.07, 6.45) is 4.00. The van der Waals surface area contributed by atoms with E-state index in [2.05, 4.69) is 38.9 Å². The van der Waals surface area contributed by atoms with Crippen LogP contribution in [0.2, 0.25) is 0 Å². The van der Waals surface area contributed by atoms with Crippen LogP contribution in [-0.2, 0) is 6.54 Å². The number of thiazole rings is 1. The highest BCUT2D eigenvalue weighted by Gasteiger charge is 2.30. The van der Waals surface area contributed by atoms with Gasteiger partial charge in [0.2, 0.25) is 0 Å². The van der Waals surface area contributed by atoms with Gasteiger partial charge in [-0.1, -0.05) is 0 Å². The number of nitrogens with zero attached hydrogens (tertiary/aromatic N) is 4. The predicted molar refractivity (Wildman–Crippen MR) is 108 cm³/mol. The summed E-state index contributed by atoms with van der Waals surface area (Å²) in [5.74, 6) is 1.03. The Morgan fingerprint density at radius 1 is 1.30 bits per heavy atom. The SMILES string of the molecule is CN=C(NCc1sc(C)nc1C)N1CCC(N2CCCC2)C1.I. The Balaban J connectivity index is 0.00000192. The van der Waals surface area contributed by atoms with Crippen LogP contribution in [0.15, 0.2) is 4.99 Å². The van der Waals surface area contributed by atoms with Gasteiger partial charge in [0.1, 0.15) is 0 Å². The highest BCUT2D eigenvalue weighted by Crippen LogP contribution is 2.21. The average molecular weight is 449 g/mol. The van der Waals surface area contributed by atoms with Gasteiger partial charge in [-0.3, -0.25) is 9.89 Å². The van der Waals surface area contributed by atoms with Crippen LogP contribution in [0.4, 0.5) is 0 Å². The molecule has 2 saturated heterocycles. The lowest BCUT2D eigenvalue weighted by molar-refractivity contribution is 0.249. The number of hydrogen-bond donors (Lipinski definition) is 1. The summed E-state index contributed by atoms with van der Waals surface area (Å²) in [5, 5.41) is 4.66. The number of rotatable bonds is 3. The van der Waals surface area contributed by atoms with E-state index in [-0.39, 0.29) is 24.0 Å². The molecule has 1 atom stereocenters. The molecule has 0 bridgehead atoms. The topological polar surface area (TPSA) is 43.8 Å². The van der Waals surface area contributed by atoms with Crippen LogP contribution >= 0.6 is 35.3 Å². The molecular formula is C16H28IN5S. The van der Waals surface area contributed by atoms with Gasteiger partial charge in [0.15, 0.2) is 5.96 Å². The molecule has 0 spiro atoms. The van der Waals surface area contributed by atoms with Gasteiger partial charge in [-0.2, -0.15) is 0 Å². The van der Waals surface area contributed by atoms with E-state index in [1.165, 1.54) is 37.2 Å². The van der Waals surface area contributed by atoms with E-state index in [0.29, 0.717) is 6.04 Å². The van der Waals surface area contributed by atoms with Crippen molar-refractivity contribution in [1.29, 1.82) is 0 Å². The first kappa shape index (κ1) is 18.9. The summed E-state index contributed by atoms with van der Waals surface area (Å²) in [6, 6.07) is 0.716.